The molecule has 2 aromatic rings. The van der Waals surface area contributed by atoms with Crippen molar-refractivity contribution in [2.24, 2.45) is 0 Å². The third-order valence-corrected chi connectivity index (χ3v) is 3.72. The maximum Gasteiger partial charge on any atom is 0.337 e. The Morgan fingerprint density at radius 1 is 0.962 bits per heavy atom. The highest BCUT2D eigenvalue weighted by Gasteiger charge is 2.09. The number of aryl methyl sites for hydroxylation is 1. The van der Waals surface area contributed by atoms with E-state index in [0.29, 0.717) is 22.7 Å². The van der Waals surface area contributed by atoms with Gasteiger partial charge in [0.2, 0.25) is 5.91 Å². The molecule has 6 heteroatoms. The number of benzene rings is 2. The lowest BCUT2D eigenvalue weighted by molar-refractivity contribution is -0.111. The van der Waals surface area contributed by atoms with E-state index in [1.165, 1.54) is 13.2 Å². The Kier molecular flexibility index (Phi) is 6.38. The van der Waals surface area contributed by atoms with E-state index >= 15 is 0 Å². The predicted molar refractivity (Wildman–Crippen MR) is 99.7 cm³/mol. The lowest BCUT2D eigenvalue weighted by Crippen LogP contribution is -2.10. The molecule has 0 bridgehead atoms. The zero-order valence-electron chi connectivity index (χ0n) is 15.2. The van der Waals surface area contributed by atoms with Crippen LogP contribution >= 0.6 is 0 Å². The highest BCUT2D eigenvalue weighted by atomic mass is 16.5. The molecule has 0 fully saturated rings. The van der Waals surface area contributed by atoms with Crippen molar-refractivity contribution < 1.29 is 23.8 Å². The van der Waals surface area contributed by atoms with Gasteiger partial charge in [-0.05, 0) is 48.4 Å². The van der Waals surface area contributed by atoms with Crippen molar-refractivity contribution in [3.8, 4) is 11.5 Å². The molecule has 0 aliphatic heterocycles. The molecule has 6 nitrogen and oxygen atoms in total. The maximum absolute atomic E-state index is 12.2. The summed E-state index contributed by atoms with van der Waals surface area (Å²) in [4.78, 5) is 23.8. The molecule has 0 spiro atoms. The minimum Gasteiger partial charge on any atom is -0.497 e. The second kappa shape index (κ2) is 8.71. The first-order valence-electron chi connectivity index (χ1n) is 7.88. The van der Waals surface area contributed by atoms with Crippen molar-refractivity contribution in [1.29, 1.82) is 0 Å². The number of rotatable bonds is 6. The fraction of sp³-hybridized carbons (Fsp3) is 0.200. The molecule has 0 heterocycles. The molecular formula is C20H21NO5. The smallest absolute Gasteiger partial charge is 0.337 e. The Morgan fingerprint density at radius 2 is 1.62 bits per heavy atom. The third kappa shape index (κ3) is 4.86. The normalized spacial score (nSPS) is 10.5. The average Bonchev–Trinajstić information content (AvgIpc) is 2.67. The molecule has 0 unspecified atom stereocenters. The van der Waals surface area contributed by atoms with E-state index in [1.807, 2.05) is 6.92 Å². The molecule has 0 aromatic heterocycles. The van der Waals surface area contributed by atoms with Crippen LogP contribution in [0.3, 0.4) is 0 Å². The van der Waals surface area contributed by atoms with Gasteiger partial charge in [-0.25, -0.2) is 4.79 Å². The molecule has 0 atom stereocenters. The quantitative estimate of drug-likeness (QED) is 0.635. The van der Waals surface area contributed by atoms with Crippen LogP contribution < -0.4 is 14.8 Å². The first kappa shape index (κ1) is 19.1. The van der Waals surface area contributed by atoms with E-state index in [2.05, 4.69) is 5.32 Å². The second-order valence-electron chi connectivity index (χ2n) is 5.49. The molecule has 136 valence electrons. The summed E-state index contributed by atoms with van der Waals surface area (Å²) in [5, 5.41) is 2.76. The number of carbonyl (C=O) groups excluding carboxylic acids is 2. The Hall–Kier alpha value is -3.28. The van der Waals surface area contributed by atoms with Crippen LogP contribution in [0, 0.1) is 6.92 Å². The van der Waals surface area contributed by atoms with Gasteiger partial charge in [0.25, 0.3) is 0 Å². The summed E-state index contributed by atoms with van der Waals surface area (Å²) < 4.78 is 15.1. The minimum atomic E-state index is -0.459. The Morgan fingerprint density at radius 3 is 2.19 bits per heavy atom. The van der Waals surface area contributed by atoms with Gasteiger partial charge in [-0.3, -0.25) is 4.79 Å². The molecule has 0 radical (unpaired) electrons. The zero-order valence-corrected chi connectivity index (χ0v) is 15.2. The highest BCUT2D eigenvalue weighted by Crippen LogP contribution is 2.23. The number of ether oxygens (including phenoxy) is 3. The maximum atomic E-state index is 12.2. The van der Waals surface area contributed by atoms with E-state index in [0.717, 1.165) is 11.1 Å². The molecule has 0 aliphatic carbocycles. The predicted octanol–water partition coefficient (Wildman–Crippen LogP) is 3.45. The van der Waals surface area contributed by atoms with Gasteiger partial charge in [0.05, 0.1) is 26.9 Å². The second-order valence-corrected chi connectivity index (χ2v) is 5.49. The number of esters is 1. The van der Waals surface area contributed by atoms with E-state index in [1.54, 1.807) is 56.7 Å². The summed E-state index contributed by atoms with van der Waals surface area (Å²) in [6.07, 6.45) is 3.05. The molecule has 2 rings (SSSR count). The fourth-order valence-corrected chi connectivity index (χ4v) is 2.27. The summed E-state index contributed by atoms with van der Waals surface area (Å²) in [6.45, 7) is 1.84. The summed E-state index contributed by atoms with van der Waals surface area (Å²) in [6, 6.07) is 10.3. The van der Waals surface area contributed by atoms with Crippen LogP contribution in [-0.2, 0) is 9.53 Å². The first-order valence-corrected chi connectivity index (χ1v) is 7.88. The van der Waals surface area contributed by atoms with Crippen molar-refractivity contribution in [3.63, 3.8) is 0 Å². The summed E-state index contributed by atoms with van der Waals surface area (Å²) in [7, 11) is 4.43. The summed E-state index contributed by atoms with van der Waals surface area (Å²) in [5.41, 5.74) is 2.51. The SMILES string of the molecule is COC(=O)c1ccc(C)c(NC(=O)/C=C/c2cc(OC)cc(OC)c2)c1. The van der Waals surface area contributed by atoms with Gasteiger partial charge in [0.15, 0.2) is 0 Å². The van der Waals surface area contributed by atoms with Crippen LogP contribution in [0.5, 0.6) is 11.5 Å². The Labute approximate surface area is 152 Å². The van der Waals surface area contributed by atoms with Gasteiger partial charge in [0.1, 0.15) is 11.5 Å². The molecule has 0 saturated carbocycles. The van der Waals surface area contributed by atoms with Gasteiger partial charge >= 0.3 is 5.97 Å². The summed E-state index contributed by atoms with van der Waals surface area (Å²) >= 11 is 0. The van der Waals surface area contributed by atoms with Crippen molar-refractivity contribution in [3.05, 3.63) is 59.2 Å². The highest BCUT2D eigenvalue weighted by molar-refractivity contribution is 6.03. The number of hydrogen-bond acceptors (Lipinski definition) is 5. The number of hydrogen-bond donors (Lipinski definition) is 1. The van der Waals surface area contributed by atoms with E-state index in [9.17, 15) is 9.59 Å². The first-order chi connectivity index (χ1) is 12.5. The lowest BCUT2D eigenvalue weighted by Gasteiger charge is -2.09. The van der Waals surface area contributed by atoms with Crippen LogP contribution in [0.25, 0.3) is 6.08 Å². The number of anilines is 1. The van der Waals surface area contributed by atoms with E-state index < -0.39 is 5.97 Å². The van der Waals surface area contributed by atoms with Gasteiger partial charge in [0, 0.05) is 17.8 Å². The van der Waals surface area contributed by atoms with Crippen LogP contribution in [0.4, 0.5) is 5.69 Å². The van der Waals surface area contributed by atoms with E-state index in [-0.39, 0.29) is 5.91 Å². The van der Waals surface area contributed by atoms with Crippen molar-refractivity contribution >= 4 is 23.6 Å². The number of nitrogens with one attached hydrogen (secondary N) is 1. The minimum absolute atomic E-state index is 0.322. The molecule has 0 aliphatic rings. The fourth-order valence-electron chi connectivity index (χ4n) is 2.27. The number of amides is 1. The monoisotopic (exact) mass is 355 g/mol. The summed E-state index contributed by atoms with van der Waals surface area (Å²) in [5.74, 6) is 0.480. The molecular weight excluding hydrogens is 334 g/mol. The van der Waals surface area contributed by atoms with Crippen molar-refractivity contribution in [1.82, 2.24) is 0 Å². The Balaban J connectivity index is 2.16. The number of methoxy groups -OCH3 is 3. The molecule has 1 amide bonds. The van der Waals surface area contributed by atoms with Crippen LogP contribution in [-0.4, -0.2) is 33.2 Å². The topological polar surface area (TPSA) is 73.9 Å². The largest absolute Gasteiger partial charge is 0.497 e. The van der Waals surface area contributed by atoms with Crippen molar-refractivity contribution in [2.75, 3.05) is 26.6 Å². The molecule has 1 N–H and O–H groups in total. The van der Waals surface area contributed by atoms with Crippen LogP contribution in [0.1, 0.15) is 21.5 Å². The van der Waals surface area contributed by atoms with Crippen LogP contribution in [0.2, 0.25) is 0 Å². The average molecular weight is 355 g/mol. The molecule has 2 aromatic carbocycles. The third-order valence-electron chi connectivity index (χ3n) is 3.72. The standard InChI is InChI=1S/C20H21NO5/c1-13-5-7-15(20(23)26-4)11-18(13)21-19(22)8-6-14-9-16(24-2)12-17(10-14)25-3/h5-12H,1-4H3,(H,21,22)/b8-6+. The van der Waals surface area contributed by atoms with Crippen molar-refractivity contribution in [2.45, 2.75) is 6.92 Å². The van der Waals surface area contributed by atoms with Gasteiger partial charge in [-0.1, -0.05) is 6.07 Å². The van der Waals surface area contributed by atoms with E-state index in [4.69, 9.17) is 14.2 Å². The van der Waals surface area contributed by atoms with Gasteiger partial charge in [-0.15, -0.1) is 0 Å². The number of carbonyl (C=O) groups is 2. The van der Waals surface area contributed by atoms with Gasteiger partial charge in [-0.2, -0.15) is 0 Å². The molecule has 0 saturated heterocycles. The van der Waals surface area contributed by atoms with Crippen LogP contribution in [0.15, 0.2) is 42.5 Å². The Bertz CT molecular complexity index is 820. The van der Waals surface area contributed by atoms with Gasteiger partial charge < -0.3 is 19.5 Å². The lowest BCUT2D eigenvalue weighted by atomic mass is 10.1. The molecule has 26 heavy (non-hydrogen) atoms. The zero-order chi connectivity index (χ0) is 19.1.